The van der Waals surface area contributed by atoms with Crippen molar-refractivity contribution in [3.63, 3.8) is 0 Å². The molecule has 1 saturated heterocycles. The number of amides is 3. The molecule has 176 valence electrons. The molecule has 0 saturated carbocycles. The summed E-state index contributed by atoms with van der Waals surface area (Å²) in [4.78, 5) is 39.3. The van der Waals surface area contributed by atoms with Gasteiger partial charge >= 0.3 is 0 Å². The van der Waals surface area contributed by atoms with E-state index in [2.05, 4.69) is 27.2 Å². The number of benzene rings is 2. The molecular weight excluding hydrogens is 520 g/mol. The number of imide groups is 1. The first-order chi connectivity index (χ1) is 16.1. The molecule has 3 rings (SSSR count). The van der Waals surface area contributed by atoms with Crippen LogP contribution in [0.2, 0.25) is 0 Å². The first-order valence-corrected chi connectivity index (χ1v) is 11.8. The predicted molar refractivity (Wildman–Crippen MR) is 137 cm³/mol. The summed E-state index contributed by atoms with van der Waals surface area (Å²) in [6.45, 7) is 5.37. The van der Waals surface area contributed by atoms with E-state index in [0.717, 1.165) is 33.4 Å². The second-order valence-corrected chi connectivity index (χ2v) is 9.52. The zero-order valence-corrected chi connectivity index (χ0v) is 21.6. The van der Waals surface area contributed by atoms with Gasteiger partial charge in [-0.3, -0.25) is 19.3 Å². The molecule has 3 amide bonds. The van der Waals surface area contributed by atoms with Gasteiger partial charge in [-0.15, -0.1) is 6.42 Å². The van der Waals surface area contributed by atoms with Crippen molar-refractivity contribution in [1.29, 1.82) is 0 Å². The number of carbonyl (C=O) groups is 3. The van der Waals surface area contributed by atoms with E-state index in [9.17, 15) is 14.4 Å². The molecule has 0 bridgehead atoms. The summed E-state index contributed by atoms with van der Waals surface area (Å²) in [6.07, 6.45) is 6.83. The predicted octanol–water partition coefficient (Wildman–Crippen LogP) is 5.07. The Labute approximate surface area is 211 Å². The highest BCUT2D eigenvalue weighted by Gasteiger charge is 2.36. The first kappa shape index (κ1) is 25.4. The average Bonchev–Trinajstić information content (AvgIpc) is 3.02. The molecule has 1 fully saturated rings. The van der Waals surface area contributed by atoms with Crippen molar-refractivity contribution >= 4 is 56.5 Å². The molecule has 0 aromatic heterocycles. The highest BCUT2D eigenvalue weighted by atomic mass is 79.9. The monoisotopic (exact) mass is 542 g/mol. The van der Waals surface area contributed by atoms with E-state index in [1.54, 1.807) is 12.1 Å². The Morgan fingerprint density at radius 1 is 1.21 bits per heavy atom. The molecule has 34 heavy (non-hydrogen) atoms. The van der Waals surface area contributed by atoms with Gasteiger partial charge in [-0.2, -0.15) is 0 Å². The maximum atomic E-state index is 13.0. The van der Waals surface area contributed by atoms with E-state index >= 15 is 0 Å². The molecule has 9 heteroatoms. The van der Waals surface area contributed by atoms with E-state index in [1.807, 2.05) is 32.9 Å². The van der Waals surface area contributed by atoms with Crippen molar-refractivity contribution in [3.05, 3.63) is 55.9 Å². The minimum absolute atomic E-state index is 0.00166. The summed E-state index contributed by atoms with van der Waals surface area (Å²) in [5, 5.41) is 2.29. The van der Waals surface area contributed by atoms with Crippen molar-refractivity contribution in [2.75, 3.05) is 25.6 Å². The van der Waals surface area contributed by atoms with Crippen LogP contribution in [0.25, 0.3) is 6.08 Å². The van der Waals surface area contributed by atoms with Crippen LogP contribution in [0.3, 0.4) is 0 Å². The highest BCUT2D eigenvalue weighted by Crippen LogP contribution is 2.39. The quantitative estimate of drug-likeness (QED) is 0.388. The molecule has 0 atom stereocenters. The Morgan fingerprint density at radius 2 is 1.88 bits per heavy atom. The number of anilines is 1. The Morgan fingerprint density at radius 3 is 2.50 bits per heavy atom. The largest absolute Gasteiger partial charge is 0.493 e. The lowest BCUT2D eigenvalue weighted by atomic mass is 10.1. The Hall–Kier alpha value is -3.22. The first-order valence-electron chi connectivity index (χ1n) is 10.2. The van der Waals surface area contributed by atoms with Gasteiger partial charge in [-0.1, -0.05) is 39.5 Å². The van der Waals surface area contributed by atoms with E-state index in [0.29, 0.717) is 27.2 Å². The van der Waals surface area contributed by atoms with Crippen molar-refractivity contribution < 1.29 is 23.9 Å². The molecule has 2 aromatic carbocycles. The highest BCUT2D eigenvalue weighted by molar-refractivity contribution is 9.10. The standard InChI is InChI=1S/C25H23BrN2O5S/c1-6-7-33-23-17(10-18(26)12-19(23)32-5)11-20-24(30)28(25(31)34-20)13-21(29)27-22-15(3)8-14(2)9-16(22)4/h1,8-12H,7,13H2,2-5H3,(H,27,29)/b20-11+. The Bertz CT molecular complexity index is 1230. The minimum Gasteiger partial charge on any atom is -0.493 e. The zero-order valence-electron chi connectivity index (χ0n) is 19.2. The Kier molecular flexibility index (Phi) is 8.07. The maximum absolute atomic E-state index is 13.0. The summed E-state index contributed by atoms with van der Waals surface area (Å²) in [5.41, 5.74) is 4.07. The molecular formula is C25H23BrN2O5S. The number of hydrogen-bond donors (Lipinski definition) is 1. The summed E-state index contributed by atoms with van der Waals surface area (Å²) in [6, 6.07) is 7.33. The summed E-state index contributed by atoms with van der Waals surface area (Å²) in [7, 11) is 1.48. The smallest absolute Gasteiger partial charge is 0.294 e. The topological polar surface area (TPSA) is 84.9 Å². The fraction of sp³-hybridized carbons (Fsp3) is 0.240. The third kappa shape index (κ3) is 5.64. The van der Waals surface area contributed by atoms with Gasteiger partial charge in [-0.05, 0) is 61.9 Å². The normalized spacial score (nSPS) is 14.4. The van der Waals surface area contributed by atoms with Crippen LogP contribution in [0.1, 0.15) is 22.3 Å². The van der Waals surface area contributed by atoms with Crippen LogP contribution in [0, 0.1) is 33.1 Å². The van der Waals surface area contributed by atoms with Crippen molar-refractivity contribution in [1.82, 2.24) is 4.90 Å². The number of ether oxygens (including phenoxy) is 2. The number of thioether (sulfide) groups is 1. The van der Waals surface area contributed by atoms with Crippen LogP contribution < -0.4 is 14.8 Å². The van der Waals surface area contributed by atoms with Gasteiger partial charge < -0.3 is 14.8 Å². The second kappa shape index (κ2) is 10.8. The summed E-state index contributed by atoms with van der Waals surface area (Å²) in [5.74, 6) is 2.13. The molecule has 0 unspecified atom stereocenters. The number of rotatable bonds is 7. The molecule has 1 aliphatic rings. The van der Waals surface area contributed by atoms with Crippen LogP contribution in [0.4, 0.5) is 10.5 Å². The van der Waals surface area contributed by atoms with Crippen LogP contribution in [-0.4, -0.2) is 42.2 Å². The van der Waals surface area contributed by atoms with Crippen molar-refractivity contribution in [3.8, 4) is 23.8 Å². The lowest BCUT2D eigenvalue weighted by Gasteiger charge is -2.16. The lowest BCUT2D eigenvalue weighted by Crippen LogP contribution is -2.36. The van der Waals surface area contributed by atoms with E-state index in [1.165, 1.54) is 13.2 Å². The van der Waals surface area contributed by atoms with E-state index in [4.69, 9.17) is 15.9 Å². The van der Waals surface area contributed by atoms with Gasteiger partial charge in [0, 0.05) is 15.7 Å². The fourth-order valence-electron chi connectivity index (χ4n) is 3.59. The number of carbonyl (C=O) groups excluding carboxylic acids is 3. The van der Waals surface area contributed by atoms with Crippen LogP contribution in [0.5, 0.6) is 11.5 Å². The SMILES string of the molecule is C#CCOc1c(/C=C2/SC(=O)N(CC(=O)Nc3c(C)cc(C)cc3C)C2=O)cc(Br)cc1OC. The molecule has 2 aromatic rings. The number of hydrogen-bond acceptors (Lipinski definition) is 6. The molecule has 1 N–H and O–H groups in total. The fourth-order valence-corrected chi connectivity index (χ4v) is 4.88. The Balaban J connectivity index is 1.83. The van der Waals surface area contributed by atoms with Gasteiger partial charge in [0.15, 0.2) is 11.5 Å². The number of terminal acetylenes is 1. The average molecular weight is 543 g/mol. The van der Waals surface area contributed by atoms with Gasteiger partial charge in [0.2, 0.25) is 5.91 Å². The molecule has 0 aliphatic carbocycles. The second-order valence-electron chi connectivity index (χ2n) is 7.61. The van der Waals surface area contributed by atoms with E-state index in [-0.39, 0.29) is 11.5 Å². The molecule has 0 spiro atoms. The zero-order chi connectivity index (χ0) is 25.0. The summed E-state index contributed by atoms with van der Waals surface area (Å²) >= 11 is 4.15. The lowest BCUT2D eigenvalue weighted by molar-refractivity contribution is -0.127. The third-order valence-electron chi connectivity index (χ3n) is 4.97. The van der Waals surface area contributed by atoms with Gasteiger partial charge in [0.1, 0.15) is 13.2 Å². The van der Waals surface area contributed by atoms with Gasteiger partial charge in [0.25, 0.3) is 11.1 Å². The number of halogens is 1. The van der Waals surface area contributed by atoms with Gasteiger partial charge in [0.05, 0.1) is 12.0 Å². The number of aryl methyl sites for hydroxylation is 3. The van der Waals surface area contributed by atoms with E-state index < -0.39 is 23.6 Å². The molecule has 7 nitrogen and oxygen atoms in total. The number of nitrogens with one attached hydrogen (secondary N) is 1. The maximum Gasteiger partial charge on any atom is 0.294 e. The molecule has 1 aliphatic heterocycles. The van der Waals surface area contributed by atoms with Gasteiger partial charge in [-0.25, -0.2) is 0 Å². The summed E-state index contributed by atoms with van der Waals surface area (Å²) < 4.78 is 11.7. The molecule has 1 heterocycles. The number of nitrogens with zero attached hydrogens (tertiary/aromatic N) is 1. The minimum atomic E-state index is -0.565. The number of methoxy groups -OCH3 is 1. The van der Waals surface area contributed by atoms with Crippen LogP contribution >= 0.6 is 27.7 Å². The van der Waals surface area contributed by atoms with Crippen molar-refractivity contribution in [2.24, 2.45) is 0 Å². The third-order valence-corrected chi connectivity index (χ3v) is 6.34. The van der Waals surface area contributed by atoms with Crippen molar-refractivity contribution in [2.45, 2.75) is 20.8 Å². The van der Waals surface area contributed by atoms with Crippen LogP contribution in [0.15, 0.2) is 33.6 Å². The molecule has 0 radical (unpaired) electrons. The van der Waals surface area contributed by atoms with Crippen LogP contribution in [-0.2, 0) is 9.59 Å².